The first-order valence-corrected chi connectivity index (χ1v) is 11.1. The van der Waals surface area contributed by atoms with Gasteiger partial charge in [0.15, 0.2) is 5.13 Å². The summed E-state index contributed by atoms with van der Waals surface area (Å²) in [4.78, 5) is 38.1. The number of carbonyl (C=O) groups excluding carboxylic acids is 2. The molecule has 1 N–H and O–H groups in total. The number of benzene rings is 1. The van der Waals surface area contributed by atoms with Crippen molar-refractivity contribution in [3.63, 3.8) is 0 Å². The van der Waals surface area contributed by atoms with E-state index >= 15 is 0 Å². The Labute approximate surface area is 183 Å². The van der Waals surface area contributed by atoms with E-state index in [0.717, 1.165) is 43.1 Å². The van der Waals surface area contributed by atoms with Crippen LogP contribution in [0.4, 0.5) is 5.13 Å². The topological polar surface area (TPSA) is 87.1 Å². The predicted molar refractivity (Wildman–Crippen MR) is 120 cm³/mol. The average molecular weight is 438 g/mol. The number of allylic oxidation sites excluding steroid dienone is 2. The molecule has 160 valence electrons. The summed E-state index contributed by atoms with van der Waals surface area (Å²) in [6.07, 6.45) is 7.15. The molecule has 31 heavy (non-hydrogen) atoms. The summed E-state index contributed by atoms with van der Waals surface area (Å²) in [5.41, 5.74) is 1.00. The van der Waals surface area contributed by atoms with Crippen molar-refractivity contribution >= 4 is 44.3 Å². The van der Waals surface area contributed by atoms with Gasteiger partial charge in [-0.05, 0) is 36.8 Å². The van der Waals surface area contributed by atoms with Gasteiger partial charge in [-0.15, -0.1) is 0 Å². The highest BCUT2D eigenvalue weighted by Crippen LogP contribution is 2.32. The Bertz CT molecular complexity index is 1130. The van der Waals surface area contributed by atoms with E-state index in [9.17, 15) is 9.59 Å². The molecule has 0 radical (unpaired) electrons. The van der Waals surface area contributed by atoms with E-state index in [4.69, 9.17) is 4.74 Å². The number of amidine groups is 1. The summed E-state index contributed by atoms with van der Waals surface area (Å²) in [6, 6.07) is 6.21. The zero-order valence-corrected chi connectivity index (χ0v) is 18.0. The van der Waals surface area contributed by atoms with Crippen molar-refractivity contribution in [3.05, 3.63) is 48.2 Å². The maximum absolute atomic E-state index is 13.2. The number of thiazole rings is 1. The molecule has 0 spiro atoms. The van der Waals surface area contributed by atoms with Crippen LogP contribution in [0.15, 0.2) is 47.6 Å². The third-order valence-electron chi connectivity index (χ3n) is 5.78. The minimum absolute atomic E-state index is 0.00903. The standard InChI is InChI=1S/C22H23N5O3S/c1-22(13-19(28)24-18-4-2-3-7-27(18)22)20(29)25-21-23-16-6-5-15(12-17(16)31-21)14-26-8-10-30-11-9-26/h2-7,12H,8-11,13-14H2,1H3,(H,23,25,29). The molecule has 1 fully saturated rings. The van der Waals surface area contributed by atoms with Gasteiger partial charge in [0.1, 0.15) is 11.4 Å². The van der Waals surface area contributed by atoms with Gasteiger partial charge in [0, 0.05) is 25.8 Å². The molecular weight excluding hydrogens is 414 g/mol. The summed E-state index contributed by atoms with van der Waals surface area (Å²) in [5.74, 6) is -0.102. The van der Waals surface area contributed by atoms with Crippen molar-refractivity contribution in [2.45, 2.75) is 25.4 Å². The minimum Gasteiger partial charge on any atom is -0.379 e. The van der Waals surface area contributed by atoms with Gasteiger partial charge in [0.2, 0.25) is 0 Å². The molecule has 4 heterocycles. The van der Waals surface area contributed by atoms with Gasteiger partial charge in [0.25, 0.3) is 11.8 Å². The number of carbonyl (C=O) groups is 2. The van der Waals surface area contributed by atoms with E-state index in [1.54, 1.807) is 30.2 Å². The van der Waals surface area contributed by atoms with Gasteiger partial charge < -0.3 is 9.64 Å². The van der Waals surface area contributed by atoms with Crippen LogP contribution in [0.25, 0.3) is 10.2 Å². The lowest BCUT2D eigenvalue weighted by molar-refractivity contribution is -0.130. The zero-order valence-electron chi connectivity index (χ0n) is 17.2. The number of rotatable bonds is 4. The molecule has 0 bridgehead atoms. The number of fused-ring (bicyclic) bond motifs is 2. The highest BCUT2D eigenvalue weighted by Gasteiger charge is 2.45. The van der Waals surface area contributed by atoms with Gasteiger partial charge in [-0.1, -0.05) is 23.5 Å². The second-order valence-electron chi connectivity index (χ2n) is 8.05. The van der Waals surface area contributed by atoms with Crippen LogP contribution in [0.3, 0.4) is 0 Å². The Balaban J connectivity index is 1.34. The second kappa shape index (κ2) is 7.99. The quantitative estimate of drug-likeness (QED) is 0.791. The maximum Gasteiger partial charge on any atom is 0.252 e. The minimum atomic E-state index is -1.06. The largest absolute Gasteiger partial charge is 0.379 e. The van der Waals surface area contributed by atoms with Crippen LogP contribution < -0.4 is 5.32 Å². The van der Waals surface area contributed by atoms with Crippen LogP contribution in [0.1, 0.15) is 18.9 Å². The molecule has 2 aromatic rings. The van der Waals surface area contributed by atoms with Crippen LogP contribution in [-0.4, -0.2) is 64.3 Å². The predicted octanol–water partition coefficient (Wildman–Crippen LogP) is 2.54. The van der Waals surface area contributed by atoms with E-state index < -0.39 is 5.54 Å². The Morgan fingerprint density at radius 2 is 2.13 bits per heavy atom. The maximum atomic E-state index is 13.2. The molecule has 9 heteroatoms. The lowest BCUT2D eigenvalue weighted by Crippen LogP contribution is -2.58. The molecule has 0 saturated carbocycles. The molecule has 2 amide bonds. The molecular formula is C22H23N5O3S. The fourth-order valence-corrected chi connectivity index (χ4v) is 4.97. The number of aromatic nitrogens is 1. The third kappa shape index (κ3) is 3.91. The molecule has 8 nitrogen and oxygen atoms in total. The smallest absolute Gasteiger partial charge is 0.252 e. The first-order valence-electron chi connectivity index (χ1n) is 10.3. The van der Waals surface area contributed by atoms with Crippen molar-refractivity contribution in [1.82, 2.24) is 14.8 Å². The van der Waals surface area contributed by atoms with Gasteiger partial charge in [-0.25, -0.2) is 4.98 Å². The second-order valence-corrected chi connectivity index (χ2v) is 9.08. The molecule has 1 aromatic carbocycles. The van der Waals surface area contributed by atoms with Gasteiger partial charge >= 0.3 is 0 Å². The summed E-state index contributed by atoms with van der Waals surface area (Å²) in [6.45, 7) is 6.04. The first-order chi connectivity index (χ1) is 15.0. The van der Waals surface area contributed by atoms with Crippen LogP contribution >= 0.6 is 11.3 Å². The molecule has 3 aliphatic heterocycles. The Morgan fingerprint density at radius 3 is 2.97 bits per heavy atom. The van der Waals surface area contributed by atoms with E-state index in [1.165, 1.54) is 16.9 Å². The lowest BCUT2D eigenvalue weighted by atomic mass is 9.91. The fourth-order valence-electron chi connectivity index (χ4n) is 4.05. The van der Waals surface area contributed by atoms with Crippen molar-refractivity contribution in [1.29, 1.82) is 0 Å². The monoisotopic (exact) mass is 437 g/mol. The van der Waals surface area contributed by atoms with Crippen molar-refractivity contribution < 1.29 is 14.3 Å². The number of ether oxygens (including phenoxy) is 1. The number of hydrogen-bond acceptors (Lipinski definition) is 7. The van der Waals surface area contributed by atoms with E-state index in [-0.39, 0.29) is 18.2 Å². The number of amides is 2. The van der Waals surface area contributed by atoms with Crippen LogP contribution in [0.2, 0.25) is 0 Å². The number of hydrogen-bond donors (Lipinski definition) is 1. The first kappa shape index (κ1) is 20.0. The van der Waals surface area contributed by atoms with Crippen molar-refractivity contribution in [2.75, 3.05) is 31.6 Å². The fraction of sp³-hybridized carbons (Fsp3) is 0.364. The summed E-state index contributed by atoms with van der Waals surface area (Å²) in [5, 5.41) is 3.46. The third-order valence-corrected chi connectivity index (χ3v) is 6.71. The van der Waals surface area contributed by atoms with Crippen molar-refractivity contribution in [3.8, 4) is 0 Å². The molecule has 1 aromatic heterocycles. The van der Waals surface area contributed by atoms with E-state index in [1.807, 2.05) is 12.1 Å². The van der Waals surface area contributed by atoms with E-state index in [2.05, 4.69) is 32.3 Å². The Hall–Kier alpha value is -2.88. The van der Waals surface area contributed by atoms with E-state index in [0.29, 0.717) is 11.0 Å². The number of anilines is 1. The van der Waals surface area contributed by atoms with Crippen LogP contribution in [-0.2, 0) is 20.9 Å². The SMILES string of the molecule is CC1(C(=O)Nc2nc3ccc(CN4CCOCC4)cc3s2)CC(=O)N=C2C=CC=CN21. The molecule has 1 saturated heterocycles. The Kier molecular flexibility index (Phi) is 5.17. The molecule has 5 rings (SSSR count). The van der Waals surface area contributed by atoms with Crippen molar-refractivity contribution in [2.24, 2.45) is 4.99 Å². The van der Waals surface area contributed by atoms with Gasteiger partial charge in [-0.2, -0.15) is 4.99 Å². The summed E-state index contributed by atoms with van der Waals surface area (Å²) >= 11 is 1.44. The summed E-state index contributed by atoms with van der Waals surface area (Å²) < 4.78 is 6.44. The molecule has 3 aliphatic rings. The molecule has 1 atom stereocenters. The molecule has 0 aliphatic carbocycles. The number of morpholine rings is 1. The molecule has 1 unspecified atom stereocenters. The average Bonchev–Trinajstić information content (AvgIpc) is 3.16. The van der Waals surface area contributed by atoms with Gasteiger partial charge in [-0.3, -0.25) is 19.8 Å². The highest BCUT2D eigenvalue weighted by molar-refractivity contribution is 7.22. The summed E-state index contributed by atoms with van der Waals surface area (Å²) in [7, 11) is 0. The number of aliphatic imine (C=N–C) groups is 1. The van der Waals surface area contributed by atoms with Crippen LogP contribution in [0.5, 0.6) is 0 Å². The number of nitrogens with zero attached hydrogens (tertiary/aromatic N) is 4. The zero-order chi connectivity index (χ0) is 21.4. The van der Waals surface area contributed by atoms with Gasteiger partial charge in [0.05, 0.1) is 29.9 Å². The van der Waals surface area contributed by atoms with Crippen LogP contribution in [0, 0.1) is 0 Å². The Morgan fingerprint density at radius 1 is 1.29 bits per heavy atom. The lowest BCUT2D eigenvalue weighted by Gasteiger charge is -2.41. The highest BCUT2D eigenvalue weighted by atomic mass is 32.1. The number of nitrogens with one attached hydrogen (secondary N) is 1. The normalized spacial score (nSPS) is 23.7.